The molecule has 2 amide bonds. The van der Waals surface area contributed by atoms with Gasteiger partial charge in [-0.05, 0) is 31.9 Å². The fourth-order valence-electron chi connectivity index (χ4n) is 1.85. The van der Waals surface area contributed by atoms with Gasteiger partial charge in [0.05, 0.1) is 11.6 Å². The van der Waals surface area contributed by atoms with Gasteiger partial charge in [-0.3, -0.25) is 4.79 Å². The third-order valence-electron chi connectivity index (χ3n) is 2.71. The Morgan fingerprint density at radius 3 is 2.48 bits per heavy atom. The number of benzene rings is 1. The van der Waals surface area contributed by atoms with Crippen LogP contribution in [-0.2, 0) is 9.53 Å². The summed E-state index contributed by atoms with van der Waals surface area (Å²) >= 11 is 5.47. The Morgan fingerprint density at radius 1 is 1.33 bits per heavy atom. The van der Waals surface area contributed by atoms with E-state index in [9.17, 15) is 9.59 Å². The molecule has 0 unspecified atom stereocenters. The van der Waals surface area contributed by atoms with Crippen molar-refractivity contribution in [1.82, 2.24) is 5.43 Å². The van der Waals surface area contributed by atoms with E-state index in [-0.39, 0.29) is 18.4 Å². The van der Waals surface area contributed by atoms with Gasteiger partial charge in [-0.15, -0.1) is 11.6 Å². The fraction of sp³-hybridized carbons (Fsp3) is 0.333. The fourth-order valence-corrected chi connectivity index (χ4v) is 1.93. The van der Waals surface area contributed by atoms with Gasteiger partial charge in [0.15, 0.2) is 0 Å². The van der Waals surface area contributed by atoms with E-state index in [2.05, 4.69) is 5.43 Å². The summed E-state index contributed by atoms with van der Waals surface area (Å²) in [5.74, 6) is -0.169. The van der Waals surface area contributed by atoms with E-state index in [1.165, 1.54) is 11.1 Å². The summed E-state index contributed by atoms with van der Waals surface area (Å²) in [6.45, 7) is 5.53. The molecule has 0 heterocycles. The molecule has 0 aliphatic rings. The average Bonchev–Trinajstić information content (AvgIpc) is 2.44. The maximum absolute atomic E-state index is 12.2. The van der Waals surface area contributed by atoms with Crippen molar-refractivity contribution in [1.29, 1.82) is 0 Å². The number of nitrogens with one attached hydrogen (secondary N) is 1. The Morgan fingerprint density at radius 2 is 1.95 bits per heavy atom. The number of anilines is 1. The van der Waals surface area contributed by atoms with E-state index in [1.54, 1.807) is 13.0 Å². The van der Waals surface area contributed by atoms with Gasteiger partial charge in [-0.1, -0.05) is 24.3 Å². The van der Waals surface area contributed by atoms with Gasteiger partial charge in [-0.25, -0.2) is 15.2 Å². The second kappa shape index (κ2) is 8.32. The van der Waals surface area contributed by atoms with E-state index >= 15 is 0 Å². The van der Waals surface area contributed by atoms with E-state index in [0.29, 0.717) is 5.69 Å². The molecular weight excluding hydrogens is 292 g/mol. The number of carbonyl (C=O) groups is 2. The number of aryl methyl sites for hydroxylation is 2. The van der Waals surface area contributed by atoms with E-state index in [0.717, 1.165) is 11.1 Å². The Labute approximate surface area is 129 Å². The van der Waals surface area contributed by atoms with Crippen molar-refractivity contribution < 1.29 is 14.3 Å². The molecular formula is C15H19ClN2O3. The van der Waals surface area contributed by atoms with Crippen LogP contribution in [0.2, 0.25) is 0 Å². The molecule has 0 aliphatic heterocycles. The van der Waals surface area contributed by atoms with Crippen LogP contribution in [0.25, 0.3) is 0 Å². The molecule has 0 atom stereocenters. The normalized spacial score (nSPS) is 10.5. The minimum absolute atomic E-state index is 0.0752. The highest BCUT2D eigenvalue weighted by Crippen LogP contribution is 2.23. The second-order valence-electron chi connectivity index (χ2n) is 4.35. The Balaban J connectivity index is 3.08. The first-order chi connectivity index (χ1) is 10.0. The van der Waals surface area contributed by atoms with Crippen LogP contribution in [0.3, 0.4) is 0 Å². The molecule has 114 valence electrons. The van der Waals surface area contributed by atoms with Gasteiger partial charge >= 0.3 is 6.09 Å². The van der Waals surface area contributed by atoms with Gasteiger partial charge in [0.25, 0.3) is 5.91 Å². The first-order valence-electron chi connectivity index (χ1n) is 6.53. The molecule has 0 spiro atoms. The monoisotopic (exact) mass is 310 g/mol. The summed E-state index contributed by atoms with van der Waals surface area (Å²) in [7, 11) is 0. The highest BCUT2D eigenvalue weighted by molar-refractivity contribution is 6.18. The summed E-state index contributed by atoms with van der Waals surface area (Å²) in [6.07, 6.45) is 2.25. The Kier molecular flexibility index (Phi) is 6.75. The third-order valence-corrected chi connectivity index (χ3v) is 2.86. The standard InChI is InChI=1S/C15H19ClN2O3/c1-4-6-13(19)18(17-15(20)21-10-9-16)14-11(2)7-5-8-12(14)3/h4-8H,9-10H2,1-3H3,(H,17,20). The highest BCUT2D eigenvalue weighted by atomic mass is 35.5. The van der Waals surface area contributed by atoms with Crippen molar-refractivity contribution in [2.75, 3.05) is 17.5 Å². The molecule has 0 saturated heterocycles. The minimum Gasteiger partial charge on any atom is -0.447 e. The van der Waals surface area contributed by atoms with Crippen LogP contribution in [-0.4, -0.2) is 24.5 Å². The van der Waals surface area contributed by atoms with Crippen molar-refractivity contribution in [3.63, 3.8) is 0 Å². The van der Waals surface area contributed by atoms with Crippen LogP contribution in [0.5, 0.6) is 0 Å². The Hall–Kier alpha value is -2.01. The van der Waals surface area contributed by atoms with Gasteiger partial charge in [0.2, 0.25) is 0 Å². The summed E-state index contributed by atoms with van der Waals surface area (Å²) in [5, 5.41) is 1.18. The van der Waals surface area contributed by atoms with Crippen LogP contribution in [0.1, 0.15) is 18.1 Å². The number of amides is 2. The molecule has 1 aromatic carbocycles. The molecule has 0 saturated carbocycles. The third kappa shape index (κ3) is 4.79. The van der Waals surface area contributed by atoms with Crippen LogP contribution >= 0.6 is 11.6 Å². The predicted molar refractivity (Wildman–Crippen MR) is 83.4 cm³/mol. The van der Waals surface area contributed by atoms with Crippen molar-refractivity contribution in [2.45, 2.75) is 20.8 Å². The highest BCUT2D eigenvalue weighted by Gasteiger charge is 2.20. The second-order valence-corrected chi connectivity index (χ2v) is 4.73. The molecule has 0 bridgehead atoms. The molecule has 6 heteroatoms. The van der Waals surface area contributed by atoms with Crippen LogP contribution in [0, 0.1) is 13.8 Å². The maximum atomic E-state index is 12.2. The number of hydrogen-bond donors (Lipinski definition) is 1. The first kappa shape index (κ1) is 17.0. The number of rotatable bonds is 4. The largest absolute Gasteiger partial charge is 0.447 e. The van der Waals surface area contributed by atoms with E-state index in [4.69, 9.17) is 16.3 Å². The summed E-state index contributed by atoms with van der Waals surface area (Å²) in [6, 6.07) is 5.62. The summed E-state index contributed by atoms with van der Waals surface area (Å²) < 4.78 is 4.85. The smallest absolute Gasteiger partial charge is 0.426 e. The Bertz CT molecular complexity index is 523. The first-order valence-corrected chi connectivity index (χ1v) is 7.07. The molecule has 1 rings (SSSR count). The predicted octanol–water partition coefficient (Wildman–Crippen LogP) is 3.09. The number of allylic oxidation sites excluding steroid dienone is 1. The lowest BCUT2D eigenvalue weighted by atomic mass is 10.1. The van der Waals surface area contributed by atoms with Gasteiger partial charge < -0.3 is 4.74 Å². The molecule has 1 N–H and O–H groups in total. The van der Waals surface area contributed by atoms with Gasteiger partial charge in [-0.2, -0.15) is 0 Å². The zero-order chi connectivity index (χ0) is 15.8. The number of halogens is 1. The zero-order valence-corrected chi connectivity index (χ0v) is 13.1. The summed E-state index contributed by atoms with van der Waals surface area (Å²) in [5.41, 5.74) is 4.81. The minimum atomic E-state index is -0.726. The number of alkyl halides is 1. The van der Waals surface area contributed by atoms with Crippen LogP contribution < -0.4 is 10.4 Å². The molecule has 21 heavy (non-hydrogen) atoms. The maximum Gasteiger partial charge on any atom is 0.426 e. The lowest BCUT2D eigenvalue weighted by molar-refractivity contribution is -0.114. The molecule has 0 aromatic heterocycles. The topological polar surface area (TPSA) is 58.6 Å². The van der Waals surface area contributed by atoms with Crippen molar-refractivity contribution in [2.24, 2.45) is 0 Å². The van der Waals surface area contributed by atoms with E-state index in [1.807, 2.05) is 32.0 Å². The average molecular weight is 311 g/mol. The zero-order valence-electron chi connectivity index (χ0n) is 12.4. The van der Waals surface area contributed by atoms with Crippen LogP contribution in [0.4, 0.5) is 10.5 Å². The number of nitrogens with zero attached hydrogens (tertiary/aromatic N) is 1. The molecule has 5 nitrogen and oxygen atoms in total. The molecule has 0 radical (unpaired) electrons. The molecule has 0 fully saturated rings. The SMILES string of the molecule is CC=CC(=O)N(NC(=O)OCCCl)c1c(C)cccc1C. The van der Waals surface area contributed by atoms with Crippen LogP contribution in [0.15, 0.2) is 30.4 Å². The van der Waals surface area contributed by atoms with Gasteiger partial charge in [0, 0.05) is 6.08 Å². The molecule has 1 aromatic rings. The number of hydrazine groups is 1. The van der Waals surface area contributed by atoms with Crippen molar-refractivity contribution >= 4 is 29.3 Å². The van der Waals surface area contributed by atoms with E-state index < -0.39 is 6.09 Å². The van der Waals surface area contributed by atoms with Crippen molar-refractivity contribution in [3.05, 3.63) is 41.5 Å². The number of hydrogen-bond acceptors (Lipinski definition) is 3. The van der Waals surface area contributed by atoms with Crippen molar-refractivity contribution in [3.8, 4) is 0 Å². The lowest BCUT2D eigenvalue weighted by Gasteiger charge is -2.25. The van der Waals surface area contributed by atoms with Gasteiger partial charge in [0.1, 0.15) is 6.61 Å². The lowest BCUT2D eigenvalue weighted by Crippen LogP contribution is -2.47. The number of para-hydroxylation sites is 1. The quantitative estimate of drug-likeness (QED) is 0.528. The number of carbonyl (C=O) groups excluding carboxylic acids is 2. The number of ether oxygens (including phenoxy) is 1. The summed E-state index contributed by atoms with van der Waals surface area (Å²) in [4.78, 5) is 23.9. The molecule has 0 aliphatic carbocycles.